The first-order chi connectivity index (χ1) is 11.8. The fourth-order valence-corrected chi connectivity index (χ4v) is 3.16. The van der Waals surface area contributed by atoms with Crippen LogP contribution in [0, 0.1) is 0 Å². The zero-order chi connectivity index (χ0) is 16.8. The molecule has 0 spiro atoms. The number of nitrogens with one attached hydrogen (secondary N) is 1. The minimum Gasteiger partial charge on any atom is -0.478 e. The smallest absolute Gasteiger partial charge is 0.317 e. The summed E-state index contributed by atoms with van der Waals surface area (Å²) in [7, 11) is 0. The van der Waals surface area contributed by atoms with Gasteiger partial charge in [0.1, 0.15) is 11.1 Å². The summed E-state index contributed by atoms with van der Waals surface area (Å²) in [5.74, 6) is 0.558. The molecule has 24 heavy (non-hydrogen) atoms. The molecular weight excluding hydrogens is 328 g/mol. The van der Waals surface area contributed by atoms with Gasteiger partial charge >= 0.3 is 6.03 Å². The quantitative estimate of drug-likeness (QED) is 0.896. The molecule has 8 heteroatoms. The van der Waals surface area contributed by atoms with Crippen LogP contribution in [0.4, 0.5) is 4.79 Å². The average Bonchev–Trinajstić information content (AvgIpc) is 3.16. The highest BCUT2D eigenvalue weighted by Gasteiger charge is 2.26. The summed E-state index contributed by atoms with van der Waals surface area (Å²) in [5.41, 5.74) is 0.859. The Balaban J connectivity index is 1.57. The summed E-state index contributed by atoms with van der Waals surface area (Å²) >= 11 is 1.54. The number of aromatic nitrogens is 2. The van der Waals surface area contributed by atoms with Crippen molar-refractivity contribution < 1.29 is 14.3 Å². The molecule has 0 bridgehead atoms. The van der Waals surface area contributed by atoms with Gasteiger partial charge < -0.3 is 19.7 Å². The van der Waals surface area contributed by atoms with E-state index in [2.05, 4.69) is 15.3 Å². The number of morpholine rings is 1. The van der Waals surface area contributed by atoms with Crippen LogP contribution in [0.3, 0.4) is 0 Å². The predicted octanol–water partition coefficient (Wildman–Crippen LogP) is 2.22. The molecule has 2 amide bonds. The van der Waals surface area contributed by atoms with E-state index >= 15 is 0 Å². The number of pyridine rings is 1. The van der Waals surface area contributed by atoms with E-state index in [0.29, 0.717) is 38.7 Å². The molecule has 0 aliphatic carbocycles. The molecule has 3 rings (SSSR count). The Bertz CT molecular complexity index is 665. The first-order valence-electron chi connectivity index (χ1n) is 7.88. The molecule has 0 saturated carbocycles. The minimum absolute atomic E-state index is 0.119. The van der Waals surface area contributed by atoms with E-state index in [1.54, 1.807) is 28.6 Å². The molecule has 0 unspecified atom stereocenters. The Hall–Kier alpha value is -2.19. The van der Waals surface area contributed by atoms with Gasteiger partial charge in [-0.15, -0.1) is 11.3 Å². The molecule has 7 nitrogen and oxygen atoms in total. The molecule has 0 radical (unpaired) electrons. The molecule has 2 aromatic rings. The first kappa shape index (κ1) is 16.7. The summed E-state index contributed by atoms with van der Waals surface area (Å²) in [6.45, 7) is 4.40. The second-order valence-corrected chi connectivity index (χ2v) is 6.16. The van der Waals surface area contributed by atoms with Crippen LogP contribution >= 0.6 is 11.3 Å². The number of carbonyl (C=O) groups excluding carboxylic acids is 1. The molecule has 3 heterocycles. The lowest BCUT2D eigenvalue weighted by molar-refractivity contribution is -0.0155. The van der Waals surface area contributed by atoms with Crippen LogP contribution in [0.2, 0.25) is 0 Å². The van der Waals surface area contributed by atoms with Crippen molar-refractivity contribution in [3.63, 3.8) is 0 Å². The number of amides is 2. The van der Waals surface area contributed by atoms with Gasteiger partial charge in [0.05, 0.1) is 19.8 Å². The zero-order valence-corrected chi connectivity index (χ0v) is 14.3. The van der Waals surface area contributed by atoms with Crippen LogP contribution in [0.25, 0.3) is 0 Å². The van der Waals surface area contributed by atoms with E-state index in [0.717, 1.165) is 10.6 Å². The van der Waals surface area contributed by atoms with Crippen molar-refractivity contribution >= 4 is 17.4 Å². The summed E-state index contributed by atoms with van der Waals surface area (Å²) in [5, 5.41) is 5.74. The fraction of sp³-hybridized carbons (Fsp3) is 0.438. The molecule has 1 aliphatic rings. The van der Waals surface area contributed by atoms with Crippen LogP contribution in [-0.4, -0.2) is 47.2 Å². The molecule has 1 saturated heterocycles. The molecular formula is C16H20N4O3S. The topological polar surface area (TPSA) is 76.6 Å². The molecule has 1 atom stereocenters. The van der Waals surface area contributed by atoms with Crippen molar-refractivity contribution in [2.45, 2.75) is 19.6 Å². The largest absolute Gasteiger partial charge is 0.478 e. The van der Waals surface area contributed by atoms with Gasteiger partial charge in [-0.2, -0.15) is 0 Å². The summed E-state index contributed by atoms with van der Waals surface area (Å²) in [6, 6.07) is 3.61. The van der Waals surface area contributed by atoms with Gasteiger partial charge in [-0.1, -0.05) is 6.07 Å². The average molecular weight is 348 g/mol. The van der Waals surface area contributed by atoms with Crippen molar-refractivity contribution in [3.05, 3.63) is 40.5 Å². The SMILES string of the molecule is CCOc1ncccc1CNC(=O)N1CCO[C@H](c2nccs2)C1. The highest BCUT2D eigenvalue weighted by Crippen LogP contribution is 2.24. The van der Waals surface area contributed by atoms with E-state index < -0.39 is 0 Å². The number of thiazole rings is 1. The van der Waals surface area contributed by atoms with Crippen molar-refractivity contribution in [1.82, 2.24) is 20.2 Å². The van der Waals surface area contributed by atoms with Gasteiger partial charge in [-0.3, -0.25) is 0 Å². The number of ether oxygens (including phenoxy) is 2. The predicted molar refractivity (Wildman–Crippen MR) is 90.0 cm³/mol. The second kappa shape index (κ2) is 8.07. The van der Waals surface area contributed by atoms with E-state index in [1.165, 1.54) is 0 Å². The summed E-state index contributed by atoms with van der Waals surface area (Å²) < 4.78 is 11.2. The van der Waals surface area contributed by atoms with E-state index in [-0.39, 0.29) is 12.1 Å². The van der Waals surface area contributed by atoms with Gasteiger partial charge in [0.2, 0.25) is 5.88 Å². The van der Waals surface area contributed by atoms with E-state index in [1.807, 2.05) is 24.4 Å². The van der Waals surface area contributed by atoms with E-state index in [9.17, 15) is 4.79 Å². The maximum Gasteiger partial charge on any atom is 0.317 e. The molecule has 128 valence electrons. The number of hydrogen-bond donors (Lipinski definition) is 1. The number of urea groups is 1. The Morgan fingerprint density at radius 3 is 3.21 bits per heavy atom. The van der Waals surface area contributed by atoms with Gasteiger partial charge in [-0.25, -0.2) is 14.8 Å². The highest BCUT2D eigenvalue weighted by molar-refractivity contribution is 7.09. The lowest BCUT2D eigenvalue weighted by Gasteiger charge is -2.32. The summed E-state index contributed by atoms with van der Waals surface area (Å²) in [4.78, 5) is 22.7. The summed E-state index contributed by atoms with van der Waals surface area (Å²) in [6.07, 6.45) is 3.28. The molecule has 1 fully saturated rings. The van der Waals surface area contributed by atoms with Gasteiger partial charge in [0.25, 0.3) is 0 Å². The maximum absolute atomic E-state index is 12.4. The lowest BCUT2D eigenvalue weighted by Crippen LogP contribution is -2.47. The zero-order valence-electron chi connectivity index (χ0n) is 13.5. The van der Waals surface area contributed by atoms with Gasteiger partial charge in [0, 0.05) is 36.4 Å². The van der Waals surface area contributed by atoms with Crippen LogP contribution in [-0.2, 0) is 11.3 Å². The third-order valence-electron chi connectivity index (χ3n) is 3.64. The van der Waals surface area contributed by atoms with Crippen LogP contribution in [0.5, 0.6) is 5.88 Å². The Labute approximate surface area is 144 Å². The molecule has 1 N–H and O–H groups in total. The Morgan fingerprint density at radius 2 is 2.42 bits per heavy atom. The molecule has 1 aliphatic heterocycles. The monoisotopic (exact) mass is 348 g/mol. The van der Waals surface area contributed by atoms with Crippen LogP contribution < -0.4 is 10.1 Å². The second-order valence-electron chi connectivity index (χ2n) is 5.24. The van der Waals surface area contributed by atoms with Crippen molar-refractivity contribution in [1.29, 1.82) is 0 Å². The van der Waals surface area contributed by atoms with Gasteiger partial charge in [0.15, 0.2) is 0 Å². The van der Waals surface area contributed by atoms with Crippen LogP contribution in [0.1, 0.15) is 23.6 Å². The van der Waals surface area contributed by atoms with Crippen molar-refractivity contribution in [2.75, 3.05) is 26.3 Å². The van der Waals surface area contributed by atoms with Crippen molar-refractivity contribution in [2.24, 2.45) is 0 Å². The Kier molecular flexibility index (Phi) is 5.60. The maximum atomic E-state index is 12.4. The van der Waals surface area contributed by atoms with Crippen molar-refractivity contribution in [3.8, 4) is 5.88 Å². The Morgan fingerprint density at radius 1 is 1.50 bits per heavy atom. The third-order valence-corrected chi connectivity index (χ3v) is 4.51. The minimum atomic E-state index is -0.151. The third kappa shape index (κ3) is 4.01. The first-order valence-corrected chi connectivity index (χ1v) is 8.76. The molecule has 2 aromatic heterocycles. The van der Waals surface area contributed by atoms with Gasteiger partial charge in [-0.05, 0) is 13.0 Å². The lowest BCUT2D eigenvalue weighted by atomic mass is 10.2. The normalized spacial score (nSPS) is 17.5. The number of nitrogens with zero attached hydrogens (tertiary/aromatic N) is 3. The number of rotatable bonds is 5. The number of carbonyl (C=O) groups is 1. The highest BCUT2D eigenvalue weighted by atomic mass is 32.1. The van der Waals surface area contributed by atoms with E-state index in [4.69, 9.17) is 9.47 Å². The van der Waals surface area contributed by atoms with Crippen LogP contribution in [0.15, 0.2) is 29.9 Å². The molecule has 0 aromatic carbocycles. The number of hydrogen-bond acceptors (Lipinski definition) is 6. The fourth-order valence-electron chi connectivity index (χ4n) is 2.48. The standard InChI is InChI=1S/C16H20N4O3S/c1-2-22-14-12(4-3-5-17-14)10-19-16(21)20-7-8-23-13(11-20)15-18-6-9-24-15/h3-6,9,13H,2,7-8,10-11H2,1H3,(H,19,21)/t13-/m0/s1.